The monoisotopic (exact) mass is 286 g/mol. The van der Waals surface area contributed by atoms with E-state index < -0.39 is 0 Å². The Balaban J connectivity index is 1.89. The molecule has 0 fully saturated rings. The SMILES string of the molecule is CCCCCCCCC(NN)c1ccc2nccnc2c1. The molecule has 1 aromatic carbocycles. The van der Waals surface area contributed by atoms with Crippen LogP contribution in [0.5, 0.6) is 0 Å². The van der Waals surface area contributed by atoms with Crippen LogP contribution >= 0.6 is 0 Å². The molecule has 1 heterocycles. The summed E-state index contributed by atoms with van der Waals surface area (Å²) in [5.74, 6) is 5.73. The van der Waals surface area contributed by atoms with Crippen molar-refractivity contribution < 1.29 is 0 Å². The zero-order valence-electron chi connectivity index (χ0n) is 12.9. The molecule has 4 heteroatoms. The number of fused-ring (bicyclic) bond motifs is 1. The van der Waals surface area contributed by atoms with E-state index in [1.807, 2.05) is 6.07 Å². The van der Waals surface area contributed by atoms with Gasteiger partial charge in [-0.15, -0.1) is 0 Å². The number of hydrogen-bond acceptors (Lipinski definition) is 4. The minimum atomic E-state index is 0.197. The second kappa shape index (κ2) is 8.70. The van der Waals surface area contributed by atoms with Crippen LogP contribution in [0, 0.1) is 0 Å². The molecule has 0 bridgehead atoms. The molecule has 1 unspecified atom stereocenters. The van der Waals surface area contributed by atoms with Gasteiger partial charge in [0.2, 0.25) is 0 Å². The van der Waals surface area contributed by atoms with Crippen LogP contribution in [0.2, 0.25) is 0 Å². The van der Waals surface area contributed by atoms with Gasteiger partial charge >= 0.3 is 0 Å². The quantitative estimate of drug-likeness (QED) is 0.417. The van der Waals surface area contributed by atoms with Crippen molar-refractivity contribution in [2.45, 2.75) is 57.9 Å². The van der Waals surface area contributed by atoms with E-state index in [2.05, 4.69) is 34.5 Å². The Morgan fingerprint density at radius 1 is 1.00 bits per heavy atom. The van der Waals surface area contributed by atoms with Gasteiger partial charge in [0.05, 0.1) is 11.0 Å². The molecule has 0 aliphatic heterocycles. The summed E-state index contributed by atoms with van der Waals surface area (Å²) in [5.41, 5.74) is 5.99. The highest BCUT2D eigenvalue weighted by Gasteiger charge is 2.10. The van der Waals surface area contributed by atoms with Crippen LogP contribution < -0.4 is 11.3 Å². The number of benzene rings is 1. The highest BCUT2D eigenvalue weighted by atomic mass is 15.2. The molecule has 0 saturated heterocycles. The number of unbranched alkanes of at least 4 members (excludes halogenated alkanes) is 5. The molecule has 2 rings (SSSR count). The summed E-state index contributed by atoms with van der Waals surface area (Å²) in [5, 5.41) is 0. The Bertz CT molecular complexity index is 541. The summed E-state index contributed by atoms with van der Waals surface area (Å²) in [6, 6.07) is 6.40. The second-order valence-corrected chi connectivity index (χ2v) is 5.58. The van der Waals surface area contributed by atoms with E-state index in [1.165, 1.54) is 44.1 Å². The van der Waals surface area contributed by atoms with Crippen LogP contribution in [-0.2, 0) is 0 Å². The van der Waals surface area contributed by atoms with E-state index >= 15 is 0 Å². The highest BCUT2D eigenvalue weighted by molar-refractivity contribution is 5.74. The molecule has 0 saturated carbocycles. The van der Waals surface area contributed by atoms with Crippen molar-refractivity contribution in [3.63, 3.8) is 0 Å². The number of nitrogens with zero attached hydrogens (tertiary/aromatic N) is 2. The zero-order valence-corrected chi connectivity index (χ0v) is 12.9. The van der Waals surface area contributed by atoms with Gasteiger partial charge in [-0.3, -0.25) is 21.2 Å². The van der Waals surface area contributed by atoms with Crippen LogP contribution in [0.15, 0.2) is 30.6 Å². The van der Waals surface area contributed by atoms with E-state index in [1.54, 1.807) is 12.4 Å². The average molecular weight is 286 g/mol. The summed E-state index contributed by atoms with van der Waals surface area (Å²) >= 11 is 0. The molecule has 4 nitrogen and oxygen atoms in total. The number of nitrogens with two attached hydrogens (primary N) is 1. The molecule has 0 aliphatic rings. The molecule has 21 heavy (non-hydrogen) atoms. The van der Waals surface area contributed by atoms with Gasteiger partial charge in [0, 0.05) is 18.4 Å². The molecule has 0 spiro atoms. The fraction of sp³-hybridized carbons (Fsp3) is 0.529. The summed E-state index contributed by atoms with van der Waals surface area (Å²) in [7, 11) is 0. The van der Waals surface area contributed by atoms with E-state index in [0.29, 0.717) is 0 Å². The lowest BCUT2D eigenvalue weighted by atomic mass is 9.99. The van der Waals surface area contributed by atoms with Crippen molar-refractivity contribution in [2.75, 3.05) is 0 Å². The fourth-order valence-corrected chi connectivity index (χ4v) is 2.67. The third-order valence-corrected chi connectivity index (χ3v) is 3.94. The van der Waals surface area contributed by atoms with Crippen molar-refractivity contribution in [3.05, 3.63) is 36.2 Å². The van der Waals surface area contributed by atoms with Crippen molar-refractivity contribution in [1.29, 1.82) is 0 Å². The number of hydrogen-bond donors (Lipinski definition) is 2. The van der Waals surface area contributed by atoms with Crippen molar-refractivity contribution >= 4 is 11.0 Å². The van der Waals surface area contributed by atoms with E-state index in [0.717, 1.165) is 17.5 Å². The van der Waals surface area contributed by atoms with Crippen molar-refractivity contribution in [1.82, 2.24) is 15.4 Å². The third kappa shape index (κ3) is 4.76. The molecule has 0 radical (unpaired) electrons. The van der Waals surface area contributed by atoms with E-state index in [9.17, 15) is 0 Å². The molecule has 0 amide bonds. The summed E-state index contributed by atoms with van der Waals surface area (Å²) < 4.78 is 0. The molecule has 2 aromatic rings. The second-order valence-electron chi connectivity index (χ2n) is 5.58. The Morgan fingerprint density at radius 3 is 2.48 bits per heavy atom. The molecule has 3 N–H and O–H groups in total. The molecule has 1 aromatic heterocycles. The van der Waals surface area contributed by atoms with Gasteiger partial charge < -0.3 is 0 Å². The number of hydrazine groups is 1. The van der Waals surface area contributed by atoms with Crippen molar-refractivity contribution in [3.8, 4) is 0 Å². The van der Waals surface area contributed by atoms with Crippen LogP contribution in [0.4, 0.5) is 0 Å². The highest BCUT2D eigenvalue weighted by Crippen LogP contribution is 2.22. The Morgan fingerprint density at radius 2 is 1.71 bits per heavy atom. The number of rotatable bonds is 9. The topological polar surface area (TPSA) is 63.8 Å². The predicted octanol–water partition coefficient (Wildman–Crippen LogP) is 3.88. The van der Waals surface area contributed by atoms with Crippen LogP contribution in [-0.4, -0.2) is 9.97 Å². The van der Waals surface area contributed by atoms with Gasteiger partial charge in [0.15, 0.2) is 0 Å². The maximum Gasteiger partial charge on any atom is 0.0890 e. The van der Waals surface area contributed by atoms with Gasteiger partial charge in [-0.05, 0) is 24.1 Å². The minimum absolute atomic E-state index is 0.197. The lowest BCUT2D eigenvalue weighted by Gasteiger charge is -2.16. The molecular weight excluding hydrogens is 260 g/mol. The summed E-state index contributed by atoms with van der Waals surface area (Å²) in [4.78, 5) is 8.65. The first-order valence-electron chi connectivity index (χ1n) is 8.02. The molecular formula is C17H26N4. The van der Waals surface area contributed by atoms with Crippen LogP contribution in [0.3, 0.4) is 0 Å². The normalized spacial score (nSPS) is 12.7. The lowest BCUT2D eigenvalue weighted by molar-refractivity contribution is 0.477. The average Bonchev–Trinajstić information content (AvgIpc) is 2.54. The maximum atomic E-state index is 5.73. The smallest absolute Gasteiger partial charge is 0.0890 e. The van der Waals surface area contributed by atoms with E-state index in [-0.39, 0.29) is 6.04 Å². The van der Waals surface area contributed by atoms with Gasteiger partial charge in [0.25, 0.3) is 0 Å². The first kappa shape index (κ1) is 15.9. The molecule has 1 atom stereocenters. The first-order valence-corrected chi connectivity index (χ1v) is 8.02. The first-order chi connectivity index (χ1) is 10.3. The summed E-state index contributed by atoms with van der Waals surface area (Å²) in [6.45, 7) is 2.25. The number of nitrogens with one attached hydrogen (secondary N) is 1. The van der Waals surface area contributed by atoms with E-state index in [4.69, 9.17) is 5.84 Å². The number of aromatic nitrogens is 2. The zero-order chi connectivity index (χ0) is 14.9. The Kier molecular flexibility index (Phi) is 6.57. The standard InChI is InChI=1S/C17H26N4/c1-2-3-4-5-6-7-8-15(21-18)14-9-10-16-17(13-14)20-12-11-19-16/h9-13,15,21H,2-8,18H2,1H3. The molecule has 114 valence electrons. The Hall–Kier alpha value is -1.52. The van der Waals surface area contributed by atoms with Crippen LogP contribution in [0.25, 0.3) is 11.0 Å². The minimum Gasteiger partial charge on any atom is -0.271 e. The van der Waals surface area contributed by atoms with Crippen LogP contribution in [0.1, 0.15) is 63.5 Å². The lowest BCUT2D eigenvalue weighted by Crippen LogP contribution is -2.28. The Labute approximate surface area is 127 Å². The maximum absolute atomic E-state index is 5.73. The van der Waals surface area contributed by atoms with Gasteiger partial charge in [-0.25, -0.2) is 0 Å². The predicted molar refractivity (Wildman–Crippen MR) is 87.6 cm³/mol. The van der Waals surface area contributed by atoms with Crippen molar-refractivity contribution in [2.24, 2.45) is 5.84 Å². The summed E-state index contributed by atoms with van der Waals surface area (Å²) in [6.07, 6.45) is 12.3. The third-order valence-electron chi connectivity index (χ3n) is 3.94. The van der Waals surface area contributed by atoms with Gasteiger partial charge in [-0.2, -0.15) is 0 Å². The molecule has 0 aliphatic carbocycles. The van der Waals surface area contributed by atoms with Gasteiger partial charge in [0.1, 0.15) is 0 Å². The largest absolute Gasteiger partial charge is 0.271 e. The van der Waals surface area contributed by atoms with Gasteiger partial charge in [-0.1, -0.05) is 51.5 Å². The fourth-order valence-electron chi connectivity index (χ4n) is 2.67.